The minimum absolute atomic E-state index is 0.0915. The van der Waals surface area contributed by atoms with E-state index in [9.17, 15) is 13.6 Å². The molecule has 7 nitrogen and oxygen atoms in total. The number of H-pyrrole nitrogens is 1. The predicted molar refractivity (Wildman–Crippen MR) is 91.3 cm³/mol. The fraction of sp³-hybridized carbons (Fsp3) is 0.278. The maximum Gasteiger partial charge on any atom is 0.273 e. The number of amides is 1. The zero-order chi connectivity index (χ0) is 19.4. The number of rotatable bonds is 7. The van der Waals surface area contributed by atoms with Crippen molar-refractivity contribution < 1.29 is 22.8 Å². The van der Waals surface area contributed by atoms with E-state index in [1.54, 1.807) is 0 Å². The van der Waals surface area contributed by atoms with Crippen LogP contribution in [0.25, 0.3) is 0 Å². The molecule has 3 aromatic rings. The van der Waals surface area contributed by atoms with Crippen LogP contribution in [0.3, 0.4) is 0 Å². The molecule has 0 saturated heterocycles. The van der Waals surface area contributed by atoms with E-state index in [-0.39, 0.29) is 23.8 Å². The molecule has 1 amide bonds. The minimum Gasteiger partial charge on any atom is -0.482 e. The molecule has 142 valence electrons. The number of carbonyl (C=O) groups excluding carboxylic acids is 1. The van der Waals surface area contributed by atoms with E-state index in [1.165, 1.54) is 12.1 Å². The lowest BCUT2D eigenvalue weighted by Crippen LogP contribution is -2.26. The van der Waals surface area contributed by atoms with Crippen molar-refractivity contribution >= 4 is 5.91 Å². The van der Waals surface area contributed by atoms with Gasteiger partial charge in [0.05, 0.1) is 5.69 Å². The lowest BCUT2D eigenvalue weighted by molar-refractivity contribution is 0.0944. The number of ether oxygens (including phenoxy) is 1. The van der Waals surface area contributed by atoms with Gasteiger partial charge in [0, 0.05) is 24.4 Å². The van der Waals surface area contributed by atoms with Crippen LogP contribution in [0.4, 0.5) is 8.78 Å². The third-order valence-corrected chi connectivity index (χ3v) is 4.00. The van der Waals surface area contributed by atoms with Crippen LogP contribution in [0.2, 0.25) is 0 Å². The number of hydrogen-bond donors (Lipinski definition) is 2. The van der Waals surface area contributed by atoms with Crippen LogP contribution in [-0.2, 0) is 13.0 Å². The normalized spacial score (nSPS) is 10.8. The Bertz CT molecular complexity index is 932. The average molecular weight is 376 g/mol. The highest BCUT2D eigenvalue weighted by molar-refractivity contribution is 5.92. The average Bonchev–Trinajstić information content (AvgIpc) is 3.22. The molecule has 2 N–H and O–H groups in total. The van der Waals surface area contributed by atoms with E-state index in [2.05, 4.69) is 20.7 Å². The monoisotopic (exact) mass is 376 g/mol. The molecule has 2 aromatic heterocycles. The van der Waals surface area contributed by atoms with E-state index in [0.29, 0.717) is 13.0 Å². The number of benzene rings is 1. The van der Waals surface area contributed by atoms with Crippen molar-refractivity contribution in [1.29, 1.82) is 0 Å². The van der Waals surface area contributed by atoms with Gasteiger partial charge in [-0.15, -0.1) is 0 Å². The zero-order valence-electron chi connectivity index (χ0n) is 14.8. The largest absolute Gasteiger partial charge is 0.482 e. The molecule has 0 atom stereocenters. The molecule has 0 saturated carbocycles. The fourth-order valence-electron chi connectivity index (χ4n) is 2.56. The summed E-state index contributed by atoms with van der Waals surface area (Å²) < 4.78 is 36.6. The molecule has 0 aliphatic heterocycles. The Labute approximate surface area is 153 Å². The summed E-state index contributed by atoms with van der Waals surface area (Å²) in [5.41, 5.74) is 3.02. The number of aromatic amines is 1. The number of carbonyl (C=O) groups is 1. The van der Waals surface area contributed by atoms with Gasteiger partial charge >= 0.3 is 0 Å². The SMILES string of the molecule is Cc1n[nH]c(C)c1CCNC(=O)c1cc(COc2ccc(F)cc2F)on1. The third-order valence-electron chi connectivity index (χ3n) is 4.00. The molecule has 2 heterocycles. The van der Waals surface area contributed by atoms with Crippen molar-refractivity contribution in [2.45, 2.75) is 26.9 Å². The third kappa shape index (κ3) is 4.49. The highest BCUT2D eigenvalue weighted by Gasteiger charge is 2.14. The van der Waals surface area contributed by atoms with Crippen molar-refractivity contribution in [2.24, 2.45) is 0 Å². The summed E-state index contributed by atoms with van der Waals surface area (Å²) in [5, 5.41) is 13.4. The Kier molecular flexibility index (Phi) is 5.49. The standard InChI is InChI=1S/C18H18F2N4O3/c1-10-14(11(2)23-22-10)5-6-21-18(25)16-8-13(27-24-16)9-26-17-4-3-12(19)7-15(17)20/h3-4,7-8H,5-6,9H2,1-2H3,(H,21,25)(H,22,23). The summed E-state index contributed by atoms with van der Waals surface area (Å²) in [4.78, 5) is 12.1. The zero-order valence-corrected chi connectivity index (χ0v) is 14.8. The number of hydrogen-bond acceptors (Lipinski definition) is 5. The van der Waals surface area contributed by atoms with Gasteiger partial charge in [0.15, 0.2) is 23.0 Å². The van der Waals surface area contributed by atoms with Crippen LogP contribution in [0, 0.1) is 25.5 Å². The quantitative estimate of drug-likeness (QED) is 0.661. The maximum absolute atomic E-state index is 13.5. The Hall–Kier alpha value is -3.23. The van der Waals surface area contributed by atoms with Crippen LogP contribution in [0.5, 0.6) is 5.75 Å². The predicted octanol–water partition coefficient (Wildman–Crippen LogP) is 2.84. The molecule has 0 fully saturated rings. The second-order valence-corrected chi connectivity index (χ2v) is 5.96. The van der Waals surface area contributed by atoms with Crippen molar-refractivity contribution in [3.05, 3.63) is 64.3 Å². The fourth-order valence-corrected chi connectivity index (χ4v) is 2.56. The summed E-state index contributed by atoms with van der Waals surface area (Å²) in [7, 11) is 0. The molecule has 9 heteroatoms. The second kappa shape index (κ2) is 7.98. The Morgan fingerprint density at radius 1 is 1.30 bits per heavy atom. The first-order valence-corrected chi connectivity index (χ1v) is 8.26. The van der Waals surface area contributed by atoms with E-state index < -0.39 is 17.5 Å². The van der Waals surface area contributed by atoms with Crippen molar-refractivity contribution in [3.63, 3.8) is 0 Å². The van der Waals surface area contributed by atoms with Crippen molar-refractivity contribution in [1.82, 2.24) is 20.7 Å². The summed E-state index contributed by atoms with van der Waals surface area (Å²) in [5.74, 6) is -1.79. The van der Waals surface area contributed by atoms with E-state index in [1.807, 2.05) is 13.8 Å². The highest BCUT2D eigenvalue weighted by Crippen LogP contribution is 2.19. The van der Waals surface area contributed by atoms with Gasteiger partial charge in [-0.2, -0.15) is 5.10 Å². The lowest BCUT2D eigenvalue weighted by Gasteiger charge is -2.04. The van der Waals surface area contributed by atoms with Gasteiger partial charge in [0.25, 0.3) is 5.91 Å². The first-order chi connectivity index (χ1) is 12.9. The second-order valence-electron chi connectivity index (χ2n) is 5.96. The van der Waals surface area contributed by atoms with Crippen molar-refractivity contribution in [2.75, 3.05) is 6.54 Å². The molecule has 0 bridgehead atoms. The van der Waals surface area contributed by atoms with Gasteiger partial charge in [0.1, 0.15) is 12.4 Å². The van der Waals surface area contributed by atoms with Crippen molar-refractivity contribution in [3.8, 4) is 5.75 Å². The van der Waals surface area contributed by atoms with E-state index >= 15 is 0 Å². The highest BCUT2D eigenvalue weighted by atomic mass is 19.1. The van der Waals surface area contributed by atoms with Gasteiger partial charge in [-0.1, -0.05) is 5.16 Å². The van der Waals surface area contributed by atoms with E-state index in [4.69, 9.17) is 9.26 Å². The molecular weight excluding hydrogens is 358 g/mol. The summed E-state index contributed by atoms with van der Waals surface area (Å²) >= 11 is 0. The Morgan fingerprint density at radius 2 is 2.11 bits per heavy atom. The van der Waals surface area contributed by atoms with Crippen LogP contribution < -0.4 is 10.1 Å². The molecule has 0 spiro atoms. The molecule has 0 aliphatic rings. The van der Waals surface area contributed by atoms with Gasteiger partial charge in [-0.25, -0.2) is 8.78 Å². The molecule has 27 heavy (non-hydrogen) atoms. The number of nitrogens with zero attached hydrogens (tertiary/aromatic N) is 2. The van der Waals surface area contributed by atoms with Crippen LogP contribution in [-0.4, -0.2) is 27.8 Å². The van der Waals surface area contributed by atoms with Crippen LogP contribution in [0.1, 0.15) is 33.2 Å². The van der Waals surface area contributed by atoms with Gasteiger partial charge < -0.3 is 14.6 Å². The summed E-state index contributed by atoms with van der Waals surface area (Å²) in [6.45, 7) is 4.09. The number of aryl methyl sites for hydroxylation is 2. The van der Waals surface area contributed by atoms with Crippen LogP contribution in [0.15, 0.2) is 28.8 Å². The molecule has 0 aliphatic carbocycles. The lowest BCUT2D eigenvalue weighted by atomic mass is 10.1. The van der Waals surface area contributed by atoms with E-state index in [0.717, 1.165) is 29.1 Å². The first-order valence-electron chi connectivity index (χ1n) is 8.26. The smallest absolute Gasteiger partial charge is 0.273 e. The maximum atomic E-state index is 13.5. The molecule has 3 rings (SSSR count). The molecule has 1 aromatic carbocycles. The summed E-state index contributed by atoms with van der Waals surface area (Å²) in [6, 6.07) is 4.39. The van der Waals surface area contributed by atoms with Gasteiger partial charge in [-0.05, 0) is 38.0 Å². The van der Waals surface area contributed by atoms with Gasteiger partial charge in [0.2, 0.25) is 0 Å². The topological polar surface area (TPSA) is 93.0 Å². The molecule has 0 radical (unpaired) electrons. The number of nitrogens with one attached hydrogen (secondary N) is 2. The van der Waals surface area contributed by atoms with Crippen LogP contribution >= 0.6 is 0 Å². The number of aromatic nitrogens is 3. The minimum atomic E-state index is -0.822. The Balaban J connectivity index is 1.51. The number of halogens is 2. The first kappa shape index (κ1) is 18.6. The Morgan fingerprint density at radius 3 is 2.81 bits per heavy atom. The molecule has 0 unspecified atom stereocenters. The molecular formula is C18H18F2N4O3. The summed E-state index contributed by atoms with van der Waals surface area (Å²) in [6.07, 6.45) is 0.636. The van der Waals surface area contributed by atoms with Gasteiger partial charge in [-0.3, -0.25) is 9.89 Å².